The summed E-state index contributed by atoms with van der Waals surface area (Å²) in [7, 11) is 1.79. The smallest absolute Gasteiger partial charge is 0.241 e. The van der Waals surface area contributed by atoms with E-state index < -0.39 is 0 Å². The highest BCUT2D eigenvalue weighted by molar-refractivity contribution is 5.89. The maximum absolute atomic E-state index is 12.6. The van der Waals surface area contributed by atoms with Crippen LogP contribution in [-0.4, -0.2) is 54.8 Å². The van der Waals surface area contributed by atoms with Crippen LogP contribution < -0.4 is 5.73 Å². The van der Waals surface area contributed by atoms with Crippen molar-refractivity contribution in [1.82, 2.24) is 9.80 Å². The first-order chi connectivity index (χ1) is 8.48. The number of amides is 2. The van der Waals surface area contributed by atoms with Crippen molar-refractivity contribution in [2.24, 2.45) is 17.1 Å². The van der Waals surface area contributed by atoms with Crippen LogP contribution in [-0.2, 0) is 9.59 Å². The zero-order valence-corrected chi connectivity index (χ0v) is 11.3. The lowest BCUT2D eigenvalue weighted by atomic mass is 9.62. The number of carbonyl (C=O) groups is 2. The largest absolute Gasteiger partial charge is 0.344 e. The molecule has 0 aromatic carbocycles. The Hall–Kier alpha value is -1.10. The summed E-state index contributed by atoms with van der Waals surface area (Å²) in [6.07, 6.45) is 2.58. The number of rotatable bonds is 2. The minimum Gasteiger partial charge on any atom is -0.344 e. The van der Waals surface area contributed by atoms with Gasteiger partial charge >= 0.3 is 0 Å². The molecule has 0 atom stereocenters. The first-order valence-electron chi connectivity index (χ1n) is 6.72. The Labute approximate surface area is 108 Å². The molecule has 2 aliphatic rings. The summed E-state index contributed by atoms with van der Waals surface area (Å²) in [4.78, 5) is 27.8. The second-order valence-electron chi connectivity index (χ2n) is 5.89. The van der Waals surface area contributed by atoms with E-state index in [2.05, 4.69) is 6.92 Å². The van der Waals surface area contributed by atoms with Crippen LogP contribution in [0.1, 0.15) is 26.2 Å². The standard InChI is InChI=1S/C13H23N3O2/c1-10-6-13(7-10,9-14)12(18)16-5-3-4-15(2)11(17)8-16/h10H,3-9,14H2,1-2H3. The van der Waals surface area contributed by atoms with Crippen molar-refractivity contribution in [2.75, 3.05) is 33.2 Å². The van der Waals surface area contributed by atoms with E-state index in [1.54, 1.807) is 16.8 Å². The van der Waals surface area contributed by atoms with Gasteiger partial charge in [-0.3, -0.25) is 9.59 Å². The van der Waals surface area contributed by atoms with Gasteiger partial charge in [0.1, 0.15) is 0 Å². The Morgan fingerprint density at radius 2 is 2.11 bits per heavy atom. The summed E-state index contributed by atoms with van der Waals surface area (Å²) in [6.45, 7) is 4.16. The molecule has 2 N–H and O–H groups in total. The summed E-state index contributed by atoms with van der Waals surface area (Å²) in [5, 5.41) is 0. The van der Waals surface area contributed by atoms with Crippen LogP contribution in [0.5, 0.6) is 0 Å². The van der Waals surface area contributed by atoms with Gasteiger partial charge in [-0.1, -0.05) is 6.92 Å². The van der Waals surface area contributed by atoms with E-state index in [9.17, 15) is 9.59 Å². The van der Waals surface area contributed by atoms with Crippen LogP contribution in [0.4, 0.5) is 0 Å². The number of carbonyl (C=O) groups excluding carboxylic acids is 2. The molecule has 0 spiro atoms. The molecular weight excluding hydrogens is 230 g/mol. The van der Waals surface area contributed by atoms with Crippen molar-refractivity contribution in [3.63, 3.8) is 0 Å². The minimum absolute atomic E-state index is 0.0281. The maximum Gasteiger partial charge on any atom is 0.241 e. The van der Waals surface area contributed by atoms with Gasteiger partial charge < -0.3 is 15.5 Å². The molecule has 0 aromatic rings. The van der Waals surface area contributed by atoms with E-state index in [4.69, 9.17) is 5.73 Å². The molecule has 1 heterocycles. The molecule has 1 saturated carbocycles. The van der Waals surface area contributed by atoms with E-state index in [1.165, 1.54) is 0 Å². The Balaban J connectivity index is 2.06. The van der Waals surface area contributed by atoms with Crippen LogP contribution >= 0.6 is 0 Å². The van der Waals surface area contributed by atoms with Gasteiger partial charge in [0.2, 0.25) is 11.8 Å². The van der Waals surface area contributed by atoms with E-state index >= 15 is 0 Å². The molecule has 102 valence electrons. The van der Waals surface area contributed by atoms with E-state index in [0.29, 0.717) is 19.0 Å². The van der Waals surface area contributed by atoms with Crippen molar-refractivity contribution in [1.29, 1.82) is 0 Å². The molecule has 0 bridgehead atoms. The summed E-state index contributed by atoms with van der Waals surface area (Å²) in [5.41, 5.74) is 5.41. The van der Waals surface area contributed by atoms with Gasteiger partial charge in [0.25, 0.3) is 0 Å². The average molecular weight is 253 g/mol. The molecule has 5 nitrogen and oxygen atoms in total. The monoisotopic (exact) mass is 253 g/mol. The van der Waals surface area contributed by atoms with E-state index in [0.717, 1.165) is 25.8 Å². The Morgan fingerprint density at radius 1 is 1.44 bits per heavy atom. The molecule has 18 heavy (non-hydrogen) atoms. The third-order valence-electron chi connectivity index (χ3n) is 4.28. The van der Waals surface area contributed by atoms with Gasteiger partial charge in [-0.15, -0.1) is 0 Å². The molecule has 5 heteroatoms. The first kappa shape index (κ1) is 13.3. The molecule has 1 aliphatic heterocycles. The van der Waals surface area contributed by atoms with Crippen molar-refractivity contribution < 1.29 is 9.59 Å². The maximum atomic E-state index is 12.6. The number of hydrogen-bond donors (Lipinski definition) is 1. The lowest BCUT2D eigenvalue weighted by Gasteiger charge is -2.46. The lowest BCUT2D eigenvalue weighted by Crippen LogP contribution is -2.55. The molecule has 2 rings (SSSR count). The lowest BCUT2D eigenvalue weighted by molar-refractivity contribution is -0.152. The predicted molar refractivity (Wildman–Crippen MR) is 68.7 cm³/mol. The van der Waals surface area contributed by atoms with Crippen LogP contribution in [0.2, 0.25) is 0 Å². The van der Waals surface area contributed by atoms with Gasteiger partial charge in [-0.05, 0) is 25.2 Å². The summed E-state index contributed by atoms with van der Waals surface area (Å²) in [6, 6.07) is 0. The SMILES string of the molecule is CC1CC(CN)(C(=O)N2CCCN(C)C(=O)C2)C1. The highest BCUT2D eigenvalue weighted by atomic mass is 16.2. The fraction of sp³-hybridized carbons (Fsp3) is 0.846. The molecule has 2 amide bonds. The van der Waals surface area contributed by atoms with Gasteiger partial charge in [-0.2, -0.15) is 0 Å². The summed E-state index contributed by atoms with van der Waals surface area (Å²) in [5.74, 6) is 0.690. The van der Waals surface area contributed by atoms with Crippen molar-refractivity contribution in [3.8, 4) is 0 Å². The van der Waals surface area contributed by atoms with Crippen molar-refractivity contribution in [2.45, 2.75) is 26.2 Å². The van der Waals surface area contributed by atoms with Crippen molar-refractivity contribution >= 4 is 11.8 Å². The normalized spacial score (nSPS) is 33.1. The Morgan fingerprint density at radius 3 is 2.67 bits per heavy atom. The van der Waals surface area contributed by atoms with Crippen LogP contribution in [0.15, 0.2) is 0 Å². The zero-order chi connectivity index (χ0) is 13.3. The summed E-state index contributed by atoms with van der Waals surface area (Å²) >= 11 is 0. The number of nitrogens with two attached hydrogens (primary N) is 1. The highest BCUT2D eigenvalue weighted by Crippen LogP contribution is 2.46. The average Bonchev–Trinajstić information content (AvgIpc) is 2.47. The first-order valence-corrected chi connectivity index (χ1v) is 6.72. The Bertz CT molecular complexity index is 350. The van der Waals surface area contributed by atoms with E-state index in [1.807, 2.05) is 0 Å². The molecule has 1 saturated heterocycles. The zero-order valence-electron chi connectivity index (χ0n) is 11.3. The fourth-order valence-corrected chi connectivity index (χ4v) is 3.20. The molecule has 0 unspecified atom stereocenters. The highest BCUT2D eigenvalue weighted by Gasteiger charge is 2.49. The van der Waals surface area contributed by atoms with Crippen LogP contribution in [0.3, 0.4) is 0 Å². The number of hydrogen-bond acceptors (Lipinski definition) is 3. The number of likely N-dealkylation sites (N-methyl/N-ethyl adjacent to an activating group) is 1. The number of nitrogens with zero attached hydrogens (tertiary/aromatic N) is 2. The van der Waals surface area contributed by atoms with Crippen LogP contribution in [0, 0.1) is 11.3 Å². The molecular formula is C13H23N3O2. The molecule has 2 fully saturated rings. The van der Waals surface area contributed by atoms with Gasteiger partial charge in [0.15, 0.2) is 0 Å². The minimum atomic E-state index is -0.386. The van der Waals surface area contributed by atoms with Gasteiger partial charge in [0.05, 0.1) is 12.0 Å². The third kappa shape index (κ3) is 2.23. The summed E-state index contributed by atoms with van der Waals surface area (Å²) < 4.78 is 0. The predicted octanol–water partition coefficient (Wildman–Crippen LogP) is 0.0521. The third-order valence-corrected chi connectivity index (χ3v) is 4.28. The van der Waals surface area contributed by atoms with Gasteiger partial charge in [-0.25, -0.2) is 0 Å². The van der Waals surface area contributed by atoms with Crippen molar-refractivity contribution in [3.05, 3.63) is 0 Å². The molecule has 1 aliphatic carbocycles. The Kier molecular flexibility index (Phi) is 3.61. The quantitative estimate of drug-likeness (QED) is 0.756. The fourth-order valence-electron chi connectivity index (χ4n) is 3.20. The van der Waals surface area contributed by atoms with E-state index in [-0.39, 0.29) is 23.8 Å². The second-order valence-corrected chi connectivity index (χ2v) is 5.89. The molecule has 0 aromatic heterocycles. The molecule has 0 radical (unpaired) electrons. The second kappa shape index (κ2) is 4.88. The van der Waals surface area contributed by atoms with Gasteiger partial charge in [0, 0.05) is 26.7 Å². The van der Waals surface area contributed by atoms with Crippen LogP contribution in [0.25, 0.3) is 0 Å². The topological polar surface area (TPSA) is 66.6 Å².